The molecule has 0 rings (SSSR count). The Morgan fingerprint density at radius 2 is 1.82 bits per heavy atom. The van der Waals surface area contributed by atoms with Gasteiger partial charge in [-0.2, -0.15) is 0 Å². The monoisotopic (exact) mass is 263 g/mol. The zero-order valence-corrected chi connectivity index (χ0v) is 11.5. The lowest BCUT2D eigenvalue weighted by molar-refractivity contribution is -0.889. The van der Waals surface area contributed by atoms with E-state index in [-0.39, 0.29) is 11.5 Å². The fourth-order valence-corrected chi connectivity index (χ4v) is 1.88. The first kappa shape index (κ1) is 16.3. The summed E-state index contributed by atoms with van der Waals surface area (Å²) in [5.74, 6) is -0.323. The van der Waals surface area contributed by atoms with Gasteiger partial charge in [-0.3, -0.25) is 4.79 Å². The summed E-state index contributed by atoms with van der Waals surface area (Å²) in [4.78, 5) is 11.4. The van der Waals surface area contributed by atoms with Crippen LogP contribution in [0.2, 0.25) is 0 Å². The maximum absolute atomic E-state index is 11.4. The molecule has 0 aromatic carbocycles. The van der Waals surface area contributed by atoms with Gasteiger partial charge in [0.05, 0.1) is 43.7 Å². The number of allylic oxidation sites excluding steroid dienone is 1. The fourth-order valence-electron chi connectivity index (χ4n) is 1.40. The van der Waals surface area contributed by atoms with E-state index in [9.17, 15) is 17.8 Å². The van der Waals surface area contributed by atoms with Gasteiger partial charge in [0.15, 0.2) is 5.78 Å². The number of ketones is 1. The van der Waals surface area contributed by atoms with E-state index in [0.717, 1.165) is 0 Å². The first-order valence-electron chi connectivity index (χ1n) is 5.48. The molecule has 0 saturated heterocycles. The van der Waals surface area contributed by atoms with E-state index in [1.165, 1.54) is 0 Å². The Labute approximate surface area is 103 Å². The molecule has 0 atom stereocenters. The van der Waals surface area contributed by atoms with Crippen molar-refractivity contribution in [3.63, 3.8) is 0 Å². The van der Waals surface area contributed by atoms with Crippen LogP contribution in [-0.4, -0.2) is 56.2 Å². The van der Waals surface area contributed by atoms with Gasteiger partial charge in [0.25, 0.3) is 0 Å². The summed E-state index contributed by atoms with van der Waals surface area (Å²) < 4.78 is 31.9. The molecule has 0 heterocycles. The molecular weight excluding hydrogens is 242 g/mol. The third kappa shape index (κ3) is 9.02. The summed E-state index contributed by atoms with van der Waals surface area (Å²) in [7, 11) is -0.321. The molecule has 0 fully saturated rings. The van der Waals surface area contributed by atoms with Gasteiger partial charge in [-0.15, -0.1) is 0 Å². The molecule has 0 saturated carbocycles. The van der Waals surface area contributed by atoms with Crippen molar-refractivity contribution >= 4 is 15.9 Å². The second-order valence-electron chi connectivity index (χ2n) is 4.95. The Kier molecular flexibility index (Phi) is 6.01. The predicted octanol–water partition coefficient (Wildman–Crippen LogP) is 0.533. The van der Waals surface area contributed by atoms with Crippen molar-refractivity contribution < 1.29 is 22.2 Å². The van der Waals surface area contributed by atoms with Crippen molar-refractivity contribution in [1.29, 1.82) is 0 Å². The third-order valence-electron chi connectivity index (χ3n) is 2.58. The van der Waals surface area contributed by atoms with E-state index in [0.29, 0.717) is 36.0 Å². The molecule has 0 aromatic rings. The summed E-state index contributed by atoms with van der Waals surface area (Å²) in [6.45, 7) is 6.42. The van der Waals surface area contributed by atoms with Crippen LogP contribution in [0.5, 0.6) is 0 Å². The molecule has 0 aliphatic carbocycles. The first-order chi connectivity index (χ1) is 7.53. The van der Waals surface area contributed by atoms with Crippen LogP contribution in [0.4, 0.5) is 0 Å². The van der Waals surface area contributed by atoms with E-state index < -0.39 is 10.1 Å². The van der Waals surface area contributed by atoms with Crippen molar-refractivity contribution in [3.8, 4) is 0 Å². The molecule has 0 bridgehead atoms. The number of quaternary nitrogens is 1. The Balaban J connectivity index is 4.04. The molecule has 0 aliphatic rings. The molecule has 0 N–H and O–H groups in total. The molecule has 100 valence electrons. The number of Topliss-reactive ketones (excluding diaryl/α,β-unsaturated/α-hetero) is 1. The van der Waals surface area contributed by atoms with Gasteiger partial charge in [0.1, 0.15) is 0 Å². The van der Waals surface area contributed by atoms with Crippen LogP contribution in [-0.2, 0) is 14.9 Å². The molecule has 17 heavy (non-hydrogen) atoms. The van der Waals surface area contributed by atoms with Gasteiger partial charge in [-0.25, -0.2) is 8.42 Å². The van der Waals surface area contributed by atoms with Crippen molar-refractivity contribution in [3.05, 3.63) is 12.2 Å². The number of rotatable bonds is 8. The minimum atomic E-state index is -4.13. The molecule has 0 unspecified atom stereocenters. The molecule has 0 aliphatic heterocycles. The van der Waals surface area contributed by atoms with E-state index >= 15 is 0 Å². The maximum Gasteiger partial charge on any atom is 0.163 e. The quantitative estimate of drug-likeness (QED) is 0.364. The molecule has 0 aromatic heterocycles. The number of nitrogens with zero attached hydrogens (tertiary/aromatic N) is 1. The van der Waals surface area contributed by atoms with Crippen molar-refractivity contribution in [1.82, 2.24) is 0 Å². The van der Waals surface area contributed by atoms with Crippen LogP contribution in [0.3, 0.4) is 0 Å². The van der Waals surface area contributed by atoms with Crippen molar-refractivity contribution in [2.75, 3.05) is 32.9 Å². The molecule has 5 nitrogen and oxygen atoms in total. The Hall–Kier alpha value is -0.720. The molecule has 0 amide bonds. The van der Waals surface area contributed by atoms with Crippen LogP contribution in [0, 0.1) is 0 Å². The van der Waals surface area contributed by atoms with Gasteiger partial charge >= 0.3 is 0 Å². The highest BCUT2D eigenvalue weighted by molar-refractivity contribution is 7.85. The molecular formula is C11H21NO4S. The Bertz CT molecular complexity index is 384. The van der Waals surface area contributed by atoms with Crippen LogP contribution in [0.25, 0.3) is 0 Å². The van der Waals surface area contributed by atoms with Crippen LogP contribution in [0.1, 0.15) is 19.8 Å². The van der Waals surface area contributed by atoms with E-state index in [1.807, 2.05) is 14.1 Å². The topological polar surface area (TPSA) is 74.3 Å². The summed E-state index contributed by atoms with van der Waals surface area (Å²) in [5, 5.41) is 0. The number of hydrogen-bond acceptors (Lipinski definition) is 4. The van der Waals surface area contributed by atoms with Crippen molar-refractivity contribution in [2.24, 2.45) is 0 Å². The second kappa shape index (κ2) is 6.28. The lowest BCUT2D eigenvalue weighted by atomic mass is 10.1. The van der Waals surface area contributed by atoms with Gasteiger partial charge in [0.2, 0.25) is 0 Å². The average Bonchev–Trinajstić information content (AvgIpc) is 2.11. The number of carbonyl (C=O) groups excluding carboxylic acids is 1. The van der Waals surface area contributed by atoms with E-state index in [2.05, 4.69) is 6.58 Å². The number of carbonyl (C=O) groups is 1. The summed E-state index contributed by atoms with van der Waals surface area (Å²) in [6.07, 6.45) is 0.715. The molecule has 0 radical (unpaired) electrons. The highest BCUT2D eigenvalue weighted by atomic mass is 32.2. The lowest BCUT2D eigenvalue weighted by Crippen LogP contribution is -2.42. The SMILES string of the molecule is C=C(C)C(=O)CC[N+](C)(C)CCCS(=O)(=O)[O-]. The average molecular weight is 263 g/mol. The Morgan fingerprint density at radius 3 is 2.24 bits per heavy atom. The standard InChI is InChI=1S/C11H21NO4S/c1-10(2)11(13)6-8-12(3,4)7-5-9-17(14,15)16/h1,5-9H2,2-4H3. The van der Waals surface area contributed by atoms with E-state index in [4.69, 9.17) is 0 Å². The smallest absolute Gasteiger partial charge is 0.163 e. The molecule has 0 spiro atoms. The summed E-state index contributed by atoms with van der Waals surface area (Å²) in [6, 6.07) is 0. The van der Waals surface area contributed by atoms with E-state index in [1.54, 1.807) is 6.92 Å². The zero-order valence-electron chi connectivity index (χ0n) is 10.7. The minimum absolute atomic E-state index is 0.0210. The maximum atomic E-state index is 11.4. The van der Waals surface area contributed by atoms with Gasteiger partial charge < -0.3 is 9.04 Å². The Morgan fingerprint density at radius 1 is 1.29 bits per heavy atom. The first-order valence-corrected chi connectivity index (χ1v) is 7.05. The van der Waals surface area contributed by atoms with Gasteiger partial charge in [0, 0.05) is 12.2 Å². The number of hydrogen-bond donors (Lipinski definition) is 0. The van der Waals surface area contributed by atoms with Crippen LogP contribution >= 0.6 is 0 Å². The second-order valence-corrected chi connectivity index (χ2v) is 6.48. The lowest BCUT2D eigenvalue weighted by Gasteiger charge is -2.29. The highest BCUT2D eigenvalue weighted by Crippen LogP contribution is 2.05. The van der Waals surface area contributed by atoms with Crippen molar-refractivity contribution in [2.45, 2.75) is 19.8 Å². The van der Waals surface area contributed by atoms with Crippen LogP contribution < -0.4 is 0 Å². The largest absolute Gasteiger partial charge is 0.748 e. The normalized spacial score (nSPS) is 12.5. The predicted molar refractivity (Wildman–Crippen MR) is 65.5 cm³/mol. The third-order valence-corrected chi connectivity index (χ3v) is 3.37. The van der Waals surface area contributed by atoms with Crippen LogP contribution in [0.15, 0.2) is 12.2 Å². The minimum Gasteiger partial charge on any atom is -0.748 e. The van der Waals surface area contributed by atoms with Gasteiger partial charge in [-0.1, -0.05) is 6.58 Å². The molecule has 6 heteroatoms. The summed E-state index contributed by atoms with van der Waals surface area (Å²) in [5.41, 5.74) is 0.534. The zero-order chi connectivity index (χ0) is 13.7. The fraction of sp³-hybridized carbons (Fsp3) is 0.727. The summed E-state index contributed by atoms with van der Waals surface area (Å²) >= 11 is 0. The highest BCUT2D eigenvalue weighted by Gasteiger charge is 2.17. The van der Waals surface area contributed by atoms with Gasteiger partial charge in [-0.05, 0) is 12.5 Å².